The Morgan fingerprint density at radius 2 is 1.80 bits per heavy atom. The van der Waals surface area contributed by atoms with Crippen molar-refractivity contribution in [2.24, 2.45) is 0 Å². The SMILES string of the molecule is COc1ccc(CC(=O)Nc2ccc(Nc3cc(-n4cccn4)ncn3)cc2)cc1. The van der Waals surface area contributed by atoms with E-state index in [-0.39, 0.29) is 5.91 Å². The second kappa shape index (κ2) is 8.87. The van der Waals surface area contributed by atoms with Gasteiger partial charge < -0.3 is 15.4 Å². The smallest absolute Gasteiger partial charge is 0.228 e. The van der Waals surface area contributed by atoms with Gasteiger partial charge in [-0.2, -0.15) is 5.10 Å². The third kappa shape index (κ3) is 4.79. The van der Waals surface area contributed by atoms with Crippen LogP contribution in [0.5, 0.6) is 5.75 Å². The van der Waals surface area contributed by atoms with Gasteiger partial charge in [0.25, 0.3) is 0 Å². The number of aromatic nitrogens is 4. The molecular formula is C22H20N6O2. The van der Waals surface area contributed by atoms with Gasteiger partial charge in [0.1, 0.15) is 17.9 Å². The quantitative estimate of drug-likeness (QED) is 0.492. The third-order valence-corrected chi connectivity index (χ3v) is 4.36. The maximum Gasteiger partial charge on any atom is 0.228 e. The summed E-state index contributed by atoms with van der Waals surface area (Å²) in [7, 11) is 1.61. The van der Waals surface area contributed by atoms with E-state index in [1.807, 2.05) is 60.8 Å². The second-order valence-corrected chi connectivity index (χ2v) is 6.49. The molecule has 0 unspecified atom stereocenters. The van der Waals surface area contributed by atoms with Crippen molar-refractivity contribution in [1.82, 2.24) is 19.7 Å². The number of methoxy groups -OCH3 is 1. The minimum atomic E-state index is -0.0828. The zero-order valence-electron chi connectivity index (χ0n) is 16.3. The minimum Gasteiger partial charge on any atom is -0.497 e. The molecule has 0 radical (unpaired) electrons. The molecule has 2 aromatic heterocycles. The van der Waals surface area contributed by atoms with E-state index in [0.29, 0.717) is 18.1 Å². The van der Waals surface area contributed by atoms with E-state index >= 15 is 0 Å². The van der Waals surface area contributed by atoms with Gasteiger partial charge in [0.05, 0.1) is 13.5 Å². The fourth-order valence-corrected chi connectivity index (χ4v) is 2.86. The summed E-state index contributed by atoms with van der Waals surface area (Å²) >= 11 is 0. The van der Waals surface area contributed by atoms with Gasteiger partial charge >= 0.3 is 0 Å². The maximum absolute atomic E-state index is 12.3. The lowest BCUT2D eigenvalue weighted by Crippen LogP contribution is -2.14. The molecule has 0 aliphatic rings. The lowest BCUT2D eigenvalue weighted by Gasteiger charge is -2.09. The highest BCUT2D eigenvalue weighted by atomic mass is 16.5. The lowest BCUT2D eigenvalue weighted by molar-refractivity contribution is -0.115. The summed E-state index contributed by atoms with van der Waals surface area (Å²) < 4.78 is 6.79. The molecule has 0 saturated carbocycles. The van der Waals surface area contributed by atoms with E-state index in [0.717, 1.165) is 22.7 Å². The molecule has 0 bridgehead atoms. The molecular weight excluding hydrogens is 380 g/mol. The number of ether oxygens (including phenoxy) is 1. The molecule has 0 aliphatic heterocycles. The van der Waals surface area contributed by atoms with Crippen molar-refractivity contribution in [2.75, 3.05) is 17.7 Å². The molecule has 1 amide bonds. The highest BCUT2D eigenvalue weighted by Gasteiger charge is 2.06. The van der Waals surface area contributed by atoms with E-state index < -0.39 is 0 Å². The summed E-state index contributed by atoms with van der Waals surface area (Å²) in [5.41, 5.74) is 2.48. The first-order chi connectivity index (χ1) is 14.7. The van der Waals surface area contributed by atoms with Gasteiger partial charge in [-0.05, 0) is 48.0 Å². The Labute approximate surface area is 173 Å². The fraction of sp³-hybridized carbons (Fsp3) is 0.0909. The van der Waals surface area contributed by atoms with Gasteiger partial charge in [0.2, 0.25) is 5.91 Å². The summed E-state index contributed by atoms with van der Waals surface area (Å²) in [6.07, 6.45) is 5.28. The van der Waals surface area contributed by atoms with E-state index in [4.69, 9.17) is 4.74 Å². The Morgan fingerprint density at radius 3 is 2.50 bits per heavy atom. The van der Waals surface area contributed by atoms with Crippen LogP contribution < -0.4 is 15.4 Å². The van der Waals surface area contributed by atoms with Gasteiger partial charge in [0, 0.05) is 29.8 Å². The standard InChI is InChI=1S/C22H20N6O2/c1-30-19-9-3-16(4-10-19)13-22(29)27-18-7-5-17(6-8-18)26-20-14-21(24-15-23-20)28-12-2-11-25-28/h2-12,14-15H,13H2,1H3,(H,27,29)(H,23,24,26). The molecule has 0 fully saturated rings. The van der Waals surface area contributed by atoms with E-state index in [1.54, 1.807) is 24.1 Å². The highest BCUT2D eigenvalue weighted by molar-refractivity contribution is 5.92. The van der Waals surface area contributed by atoms with Crippen LogP contribution in [0.4, 0.5) is 17.2 Å². The number of carbonyl (C=O) groups excluding carboxylic acids is 1. The normalized spacial score (nSPS) is 10.4. The van der Waals surface area contributed by atoms with Crippen LogP contribution in [-0.2, 0) is 11.2 Å². The van der Waals surface area contributed by atoms with Gasteiger partial charge in [-0.15, -0.1) is 0 Å². The Bertz CT molecular complexity index is 1110. The molecule has 2 heterocycles. The number of carbonyl (C=O) groups is 1. The summed E-state index contributed by atoms with van der Waals surface area (Å²) in [5.74, 6) is 2.00. The lowest BCUT2D eigenvalue weighted by atomic mass is 10.1. The van der Waals surface area contributed by atoms with Crippen molar-refractivity contribution in [3.63, 3.8) is 0 Å². The van der Waals surface area contributed by atoms with Crippen LogP contribution in [0.15, 0.2) is 79.4 Å². The van der Waals surface area contributed by atoms with Crippen LogP contribution in [0.25, 0.3) is 5.82 Å². The first kappa shape index (κ1) is 19.1. The van der Waals surface area contributed by atoms with Gasteiger partial charge in [-0.3, -0.25) is 4.79 Å². The summed E-state index contributed by atoms with van der Waals surface area (Å²) in [5, 5.41) is 10.3. The molecule has 8 nitrogen and oxygen atoms in total. The zero-order valence-corrected chi connectivity index (χ0v) is 16.3. The van der Waals surface area contributed by atoms with E-state index in [9.17, 15) is 4.79 Å². The number of nitrogens with zero attached hydrogens (tertiary/aromatic N) is 4. The zero-order chi connectivity index (χ0) is 20.8. The van der Waals surface area contributed by atoms with Crippen LogP contribution >= 0.6 is 0 Å². The largest absolute Gasteiger partial charge is 0.497 e. The topological polar surface area (TPSA) is 94.0 Å². The number of anilines is 3. The van der Waals surface area contributed by atoms with E-state index in [2.05, 4.69) is 25.7 Å². The number of hydrogen-bond acceptors (Lipinski definition) is 6. The van der Waals surface area contributed by atoms with Gasteiger partial charge in [-0.1, -0.05) is 12.1 Å². The summed E-state index contributed by atoms with van der Waals surface area (Å²) in [4.78, 5) is 20.7. The van der Waals surface area contributed by atoms with Crippen LogP contribution in [0.1, 0.15) is 5.56 Å². The molecule has 0 aliphatic carbocycles. The Kier molecular flexibility index (Phi) is 5.66. The first-order valence-corrected chi connectivity index (χ1v) is 9.31. The Balaban J connectivity index is 1.36. The average Bonchev–Trinajstić information content (AvgIpc) is 3.31. The fourth-order valence-electron chi connectivity index (χ4n) is 2.86. The Morgan fingerprint density at radius 1 is 1.03 bits per heavy atom. The average molecular weight is 400 g/mol. The molecule has 30 heavy (non-hydrogen) atoms. The molecule has 2 N–H and O–H groups in total. The molecule has 0 spiro atoms. The number of rotatable bonds is 7. The van der Waals surface area contributed by atoms with Crippen molar-refractivity contribution < 1.29 is 9.53 Å². The summed E-state index contributed by atoms with van der Waals surface area (Å²) in [6, 6.07) is 18.5. The number of benzene rings is 2. The predicted octanol–water partition coefficient (Wildman–Crippen LogP) is 3.60. The molecule has 8 heteroatoms. The summed E-state index contributed by atoms with van der Waals surface area (Å²) in [6.45, 7) is 0. The van der Waals surface area contributed by atoms with Crippen molar-refractivity contribution in [3.8, 4) is 11.6 Å². The number of nitrogens with one attached hydrogen (secondary N) is 2. The third-order valence-electron chi connectivity index (χ3n) is 4.36. The van der Waals surface area contributed by atoms with Gasteiger partial charge in [-0.25, -0.2) is 14.6 Å². The Hall–Kier alpha value is -4.20. The highest BCUT2D eigenvalue weighted by Crippen LogP contribution is 2.19. The number of amides is 1. The van der Waals surface area contributed by atoms with Crippen molar-refractivity contribution in [1.29, 1.82) is 0 Å². The first-order valence-electron chi connectivity index (χ1n) is 9.31. The van der Waals surface area contributed by atoms with Crippen molar-refractivity contribution >= 4 is 23.1 Å². The van der Waals surface area contributed by atoms with Crippen molar-refractivity contribution in [3.05, 3.63) is 84.9 Å². The predicted molar refractivity (Wildman–Crippen MR) is 114 cm³/mol. The maximum atomic E-state index is 12.3. The van der Waals surface area contributed by atoms with Gasteiger partial charge in [0.15, 0.2) is 5.82 Å². The van der Waals surface area contributed by atoms with Crippen molar-refractivity contribution in [2.45, 2.75) is 6.42 Å². The molecule has 0 saturated heterocycles. The number of hydrogen-bond donors (Lipinski definition) is 2. The van der Waals surface area contributed by atoms with Crippen LogP contribution in [0.3, 0.4) is 0 Å². The molecule has 4 rings (SSSR count). The monoisotopic (exact) mass is 400 g/mol. The molecule has 150 valence electrons. The van der Waals surface area contributed by atoms with Crippen LogP contribution in [0, 0.1) is 0 Å². The van der Waals surface area contributed by atoms with Crippen LogP contribution in [0.2, 0.25) is 0 Å². The minimum absolute atomic E-state index is 0.0828. The van der Waals surface area contributed by atoms with E-state index in [1.165, 1.54) is 6.33 Å². The second-order valence-electron chi connectivity index (χ2n) is 6.49. The van der Waals surface area contributed by atoms with Crippen LogP contribution in [-0.4, -0.2) is 32.8 Å². The molecule has 2 aromatic carbocycles. The molecule has 4 aromatic rings. The molecule has 0 atom stereocenters.